The van der Waals surface area contributed by atoms with Gasteiger partial charge in [-0.05, 0) is 42.7 Å². The Labute approximate surface area is 120 Å². The molecule has 2 aromatic carbocycles. The molecule has 0 saturated carbocycles. The van der Waals surface area contributed by atoms with Crippen molar-refractivity contribution in [3.63, 3.8) is 0 Å². The van der Waals surface area contributed by atoms with Gasteiger partial charge in [0.15, 0.2) is 0 Å². The third kappa shape index (κ3) is 3.28. The fourth-order valence-corrected chi connectivity index (χ4v) is 2.24. The average molecular weight is 296 g/mol. The molecule has 98 valence electrons. The van der Waals surface area contributed by atoms with Crippen LogP contribution < -0.4 is 5.32 Å². The molecule has 1 N–H and O–H groups in total. The molecular weight excluding hydrogens is 285 g/mol. The lowest BCUT2D eigenvalue weighted by molar-refractivity contribution is 0.102. The Morgan fingerprint density at radius 2 is 1.89 bits per heavy atom. The Hall–Kier alpha value is -1.52. The second-order valence-corrected chi connectivity index (χ2v) is 5.07. The lowest BCUT2D eigenvalue weighted by Crippen LogP contribution is -2.14. The number of halogens is 2. The maximum absolute atomic E-state index is 13.6. The highest BCUT2D eigenvalue weighted by atomic mass is 35.5. The van der Waals surface area contributed by atoms with E-state index in [0.717, 1.165) is 4.90 Å². The van der Waals surface area contributed by atoms with Gasteiger partial charge in [0, 0.05) is 10.6 Å². The molecule has 2 rings (SSSR count). The fraction of sp³-hybridized carbons (Fsp3) is 0.0714. The van der Waals surface area contributed by atoms with E-state index in [1.165, 1.54) is 18.2 Å². The van der Waals surface area contributed by atoms with E-state index in [2.05, 4.69) is 5.32 Å². The van der Waals surface area contributed by atoms with E-state index >= 15 is 0 Å². The lowest BCUT2D eigenvalue weighted by atomic mass is 10.2. The molecule has 19 heavy (non-hydrogen) atoms. The molecule has 0 aliphatic rings. The molecule has 0 unspecified atom stereocenters. The zero-order chi connectivity index (χ0) is 13.8. The third-order valence-corrected chi connectivity index (χ3v) is 3.60. The monoisotopic (exact) mass is 295 g/mol. The quantitative estimate of drug-likeness (QED) is 0.847. The predicted octanol–water partition coefficient (Wildman–Crippen LogP) is 4.45. The van der Waals surface area contributed by atoms with Crippen LogP contribution in [0.1, 0.15) is 10.4 Å². The number of hydrogen-bond donors (Lipinski definition) is 1. The van der Waals surface area contributed by atoms with Gasteiger partial charge in [-0.25, -0.2) is 4.39 Å². The molecule has 0 fully saturated rings. The molecule has 0 bridgehead atoms. The Balaban J connectivity index is 2.21. The number of carbonyl (C=O) groups is 1. The molecule has 0 saturated heterocycles. The molecule has 1 amide bonds. The molecule has 0 aliphatic carbocycles. The largest absolute Gasteiger partial charge is 0.322 e. The number of thioether (sulfide) groups is 1. The normalized spacial score (nSPS) is 10.3. The van der Waals surface area contributed by atoms with Crippen LogP contribution in [0.15, 0.2) is 47.4 Å². The first-order valence-corrected chi connectivity index (χ1v) is 7.11. The highest BCUT2D eigenvalue weighted by molar-refractivity contribution is 7.98. The molecule has 0 atom stereocenters. The smallest absolute Gasteiger partial charge is 0.260 e. The van der Waals surface area contributed by atoms with Gasteiger partial charge in [0.1, 0.15) is 5.82 Å². The van der Waals surface area contributed by atoms with Crippen molar-refractivity contribution < 1.29 is 9.18 Å². The summed E-state index contributed by atoms with van der Waals surface area (Å²) in [5.74, 6) is -1.19. The van der Waals surface area contributed by atoms with E-state index in [4.69, 9.17) is 11.6 Å². The summed E-state index contributed by atoms with van der Waals surface area (Å²) in [5.41, 5.74) is 0.459. The first kappa shape index (κ1) is 13.9. The third-order valence-electron chi connectivity index (χ3n) is 2.54. The van der Waals surface area contributed by atoms with Crippen molar-refractivity contribution in [1.82, 2.24) is 0 Å². The van der Waals surface area contributed by atoms with E-state index in [-0.39, 0.29) is 10.6 Å². The van der Waals surface area contributed by atoms with E-state index in [9.17, 15) is 9.18 Å². The highest BCUT2D eigenvalue weighted by Crippen LogP contribution is 2.22. The molecule has 2 aromatic rings. The minimum absolute atomic E-state index is 0.0956. The first-order chi connectivity index (χ1) is 9.11. The number of anilines is 1. The summed E-state index contributed by atoms with van der Waals surface area (Å²) in [4.78, 5) is 13.1. The van der Waals surface area contributed by atoms with Crippen LogP contribution in [0.4, 0.5) is 10.1 Å². The highest BCUT2D eigenvalue weighted by Gasteiger charge is 2.15. The van der Waals surface area contributed by atoms with Gasteiger partial charge in [0.25, 0.3) is 5.91 Å². The molecule has 0 heterocycles. The van der Waals surface area contributed by atoms with Crippen LogP contribution in [0, 0.1) is 5.82 Å². The van der Waals surface area contributed by atoms with Crippen molar-refractivity contribution in [3.8, 4) is 0 Å². The predicted molar refractivity (Wildman–Crippen MR) is 77.6 cm³/mol. The maximum atomic E-state index is 13.6. The molecule has 0 spiro atoms. The lowest BCUT2D eigenvalue weighted by Gasteiger charge is -2.08. The van der Waals surface area contributed by atoms with Crippen LogP contribution in [0.2, 0.25) is 5.02 Å². The molecule has 0 aromatic heterocycles. The Kier molecular flexibility index (Phi) is 4.45. The van der Waals surface area contributed by atoms with Crippen LogP contribution in [-0.2, 0) is 0 Å². The number of hydrogen-bond acceptors (Lipinski definition) is 2. The summed E-state index contributed by atoms with van der Waals surface area (Å²) in [6, 6.07) is 11.4. The SMILES string of the molecule is CSc1ccc(NC(=O)c2c(F)cccc2Cl)cc1. The number of nitrogens with one attached hydrogen (secondary N) is 1. The van der Waals surface area contributed by atoms with Gasteiger partial charge in [0.2, 0.25) is 0 Å². The van der Waals surface area contributed by atoms with E-state index in [1.54, 1.807) is 23.9 Å². The topological polar surface area (TPSA) is 29.1 Å². The summed E-state index contributed by atoms with van der Waals surface area (Å²) in [6.45, 7) is 0. The molecular formula is C14H11ClFNOS. The number of amides is 1. The van der Waals surface area contributed by atoms with Crippen molar-refractivity contribution >= 4 is 35.0 Å². The van der Waals surface area contributed by atoms with Gasteiger partial charge in [0.05, 0.1) is 10.6 Å². The van der Waals surface area contributed by atoms with E-state index < -0.39 is 11.7 Å². The van der Waals surface area contributed by atoms with Crippen molar-refractivity contribution in [2.24, 2.45) is 0 Å². The minimum Gasteiger partial charge on any atom is -0.322 e. The zero-order valence-electron chi connectivity index (χ0n) is 10.1. The fourth-order valence-electron chi connectivity index (χ4n) is 1.58. The van der Waals surface area contributed by atoms with Crippen LogP contribution in [0.3, 0.4) is 0 Å². The first-order valence-electron chi connectivity index (χ1n) is 5.51. The summed E-state index contributed by atoms with van der Waals surface area (Å²) < 4.78 is 13.6. The number of benzene rings is 2. The number of carbonyl (C=O) groups excluding carboxylic acids is 1. The molecule has 5 heteroatoms. The van der Waals surface area contributed by atoms with Gasteiger partial charge in [-0.3, -0.25) is 4.79 Å². The van der Waals surface area contributed by atoms with Gasteiger partial charge in [-0.15, -0.1) is 11.8 Å². The van der Waals surface area contributed by atoms with E-state index in [0.29, 0.717) is 5.69 Å². The van der Waals surface area contributed by atoms with E-state index in [1.807, 2.05) is 18.4 Å². The van der Waals surface area contributed by atoms with Crippen molar-refractivity contribution in [1.29, 1.82) is 0 Å². The maximum Gasteiger partial charge on any atom is 0.260 e. The molecule has 0 aliphatic heterocycles. The second-order valence-electron chi connectivity index (χ2n) is 3.78. The van der Waals surface area contributed by atoms with Crippen LogP contribution in [-0.4, -0.2) is 12.2 Å². The van der Waals surface area contributed by atoms with Crippen molar-refractivity contribution in [2.45, 2.75) is 4.90 Å². The molecule has 2 nitrogen and oxygen atoms in total. The van der Waals surface area contributed by atoms with Crippen molar-refractivity contribution in [3.05, 3.63) is 58.9 Å². The summed E-state index contributed by atoms with van der Waals surface area (Å²) in [5, 5.41) is 2.71. The second kappa shape index (κ2) is 6.08. The Morgan fingerprint density at radius 3 is 2.47 bits per heavy atom. The van der Waals surface area contributed by atoms with Gasteiger partial charge < -0.3 is 5.32 Å². The van der Waals surface area contributed by atoms with Gasteiger partial charge in [-0.2, -0.15) is 0 Å². The zero-order valence-corrected chi connectivity index (χ0v) is 11.7. The van der Waals surface area contributed by atoms with Crippen LogP contribution in [0.5, 0.6) is 0 Å². The van der Waals surface area contributed by atoms with Gasteiger partial charge in [-0.1, -0.05) is 17.7 Å². The average Bonchev–Trinajstić information content (AvgIpc) is 2.39. The number of rotatable bonds is 3. The Morgan fingerprint density at radius 1 is 1.21 bits per heavy atom. The standard InChI is InChI=1S/C14H11ClFNOS/c1-19-10-7-5-9(6-8-10)17-14(18)13-11(15)3-2-4-12(13)16/h2-8H,1H3,(H,17,18). The summed E-state index contributed by atoms with van der Waals surface area (Å²) in [7, 11) is 0. The summed E-state index contributed by atoms with van der Waals surface area (Å²) in [6.07, 6.45) is 1.96. The van der Waals surface area contributed by atoms with Crippen LogP contribution in [0.25, 0.3) is 0 Å². The van der Waals surface area contributed by atoms with Crippen LogP contribution >= 0.6 is 23.4 Å². The van der Waals surface area contributed by atoms with Crippen molar-refractivity contribution in [2.75, 3.05) is 11.6 Å². The minimum atomic E-state index is -0.634. The molecule has 0 radical (unpaired) electrons. The Bertz CT molecular complexity index is 581. The summed E-state index contributed by atoms with van der Waals surface area (Å²) >= 11 is 7.44. The van der Waals surface area contributed by atoms with Gasteiger partial charge >= 0.3 is 0 Å².